The van der Waals surface area contributed by atoms with Crippen molar-refractivity contribution in [1.82, 2.24) is 20.3 Å². The fourth-order valence-electron chi connectivity index (χ4n) is 4.56. The van der Waals surface area contributed by atoms with Gasteiger partial charge in [0.25, 0.3) is 0 Å². The van der Waals surface area contributed by atoms with E-state index < -0.39 is 0 Å². The van der Waals surface area contributed by atoms with E-state index in [4.69, 9.17) is 9.97 Å². The largest absolute Gasteiger partial charge is 0.342 e. The van der Waals surface area contributed by atoms with Gasteiger partial charge in [-0.2, -0.15) is 0 Å². The molecule has 1 saturated heterocycles. The Morgan fingerprint density at radius 2 is 1.92 bits per heavy atom. The third-order valence-corrected chi connectivity index (χ3v) is 6.04. The molecule has 26 heavy (non-hydrogen) atoms. The minimum atomic E-state index is 0.512. The molecule has 1 aromatic rings. The summed E-state index contributed by atoms with van der Waals surface area (Å²) in [6.45, 7) is 3.32. The summed E-state index contributed by atoms with van der Waals surface area (Å²) in [6.07, 6.45) is 9.28. The van der Waals surface area contributed by atoms with Gasteiger partial charge in [-0.3, -0.25) is 0 Å². The van der Waals surface area contributed by atoms with Gasteiger partial charge in [-0.25, -0.2) is 9.97 Å². The number of aromatic amines is 1. The topological polar surface area (TPSA) is 53.6 Å². The number of nitrogens with one attached hydrogen (secondary N) is 2. The van der Waals surface area contributed by atoms with Gasteiger partial charge in [-0.1, -0.05) is 12.1 Å². The Balaban J connectivity index is 1.47. The van der Waals surface area contributed by atoms with Crippen LogP contribution in [0.5, 0.6) is 0 Å². The summed E-state index contributed by atoms with van der Waals surface area (Å²) >= 11 is 0. The van der Waals surface area contributed by atoms with Gasteiger partial charge in [-0.15, -0.1) is 0 Å². The van der Waals surface area contributed by atoms with E-state index in [0.29, 0.717) is 12.0 Å². The first-order valence-electron chi connectivity index (χ1n) is 9.97. The monoisotopic (exact) mass is 346 g/mol. The molecule has 0 spiro atoms. The van der Waals surface area contributed by atoms with Gasteiger partial charge in [-0.05, 0) is 75.3 Å². The molecule has 5 rings (SSSR count). The molecule has 134 valence electrons. The second-order valence-electron chi connectivity index (χ2n) is 7.98. The Labute approximate surface area is 154 Å². The maximum atomic E-state index is 4.83. The predicted molar refractivity (Wildman–Crippen MR) is 105 cm³/mol. The molecule has 1 fully saturated rings. The molecule has 0 bridgehead atoms. The highest BCUT2D eigenvalue weighted by Crippen LogP contribution is 2.32. The Hall–Kier alpha value is -2.20. The van der Waals surface area contributed by atoms with E-state index in [1.165, 1.54) is 42.4 Å². The lowest BCUT2D eigenvalue weighted by Crippen LogP contribution is -2.35. The van der Waals surface area contributed by atoms with Crippen LogP contribution in [0, 0.1) is 0 Å². The Bertz CT molecular complexity index is 897. The van der Waals surface area contributed by atoms with Crippen molar-refractivity contribution in [2.24, 2.45) is 0 Å². The molecule has 2 unspecified atom stereocenters. The minimum Gasteiger partial charge on any atom is -0.342 e. The van der Waals surface area contributed by atoms with Crippen LogP contribution in [0.4, 0.5) is 0 Å². The van der Waals surface area contributed by atoms with Crippen molar-refractivity contribution >= 4 is 0 Å². The van der Waals surface area contributed by atoms with Gasteiger partial charge in [0.05, 0.1) is 17.6 Å². The predicted octanol–water partition coefficient (Wildman–Crippen LogP) is 4.31. The van der Waals surface area contributed by atoms with E-state index in [0.717, 1.165) is 42.3 Å². The summed E-state index contributed by atoms with van der Waals surface area (Å²) in [6, 6.07) is 9.62. The third-order valence-electron chi connectivity index (χ3n) is 6.04. The van der Waals surface area contributed by atoms with Crippen LogP contribution >= 0.6 is 0 Å². The van der Waals surface area contributed by atoms with Gasteiger partial charge in [0.2, 0.25) is 0 Å². The molecular formula is C22H26N4. The highest BCUT2D eigenvalue weighted by molar-refractivity contribution is 5.71. The van der Waals surface area contributed by atoms with Gasteiger partial charge in [0.1, 0.15) is 11.5 Å². The average Bonchev–Trinajstić information content (AvgIpc) is 3.11. The molecule has 1 aromatic carbocycles. The number of benzene rings is 1. The Morgan fingerprint density at radius 3 is 2.81 bits per heavy atom. The Kier molecular flexibility index (Phi) is 4.01. The maximum Gasteiger partial charge on any atom is 0.109 e. The van der Waals surface area contributed by atoms with Crippen LogP contribution in [-0.4, -0.2) is 27.5 Å². The fourth-order valence-corrected chi connectivity index (χ4v) is 4.56. The van der Waals surface area contributed by atoms with E-state index >= 15 is 0 Å². The van der Waals surface area contributed by atoms with Crippen molar-refractivity contribution in [2.75, 3.05) is 6.54 Å². The first-order valence-corrected chi connectivity index (χ1v) is 9.97. The molecule has 4 aliphatic rings. The summed E-state index contributed by atoms with van der Waals surface area (Å²) in [5.41, 5.74) is 7.38. The molecule has 2 atom stereocenters. The number of nitrogens with zero attached hydrogens (tertiary/aromatic N) is 2. The molecule has 1 aliphatic carbocycles. The number of hydrogen-bond donors (Lipinski definition) is 2. The number of H-pyrrole nitrogens is 1. The van der Waals surface area contributed by atoms with E-state index in [1.54, 1.807) is 0 Å². The quantitative estimate of drug-likeness (QED) is 0.727. The lowest BCUT2D eigenvalue weighted by Gasteiger charge is -2.27. The normalized spacial score (nSPS) is 23.1. The zero-order valence-electron chi connectivity index (χ0n) is 15.4. The molecule has 4 nitrogen and oxygen atoms in total. The van der Waals surface area contributed by atoms with Crippen molar-refractivity contribution < 1.29 is 0 Å². The third kappa shape index (κ3) is 2.92. The number of rotatable bonds is 2. The molecule has 3 heterocycles. The van der Waals surface area contributed by atoms with Crippen LogP contribution in [0.3, 0.4) is 0 Å². The minimum absolute atomic E-state index is 0.512. The smallest absolute Gasteiger partial charge is 0.109 e. The zero-order chi connectivity index (χ0) is 17.5. The molecule has 0 amide bonds. The van der Waals surface area contributed by atoms with Crippen molar-refractivity contribution in [3.8, 4) is 22.6 Å². The van der Waals surface area contributed by atoms with Crippen LogP contribution in [0.1, 0.15) is 55.5 Å². The summed E-state index contributed by atoms with van der Waals surface area (Å²) < 4.78 is 0. The van der Waals surface area contributed by atoms with Crippen LogP contribution in [0.25, 0.3) is 22.6 Å². The van der Waals surface area contributed by atoms with Crippen LogP contribution in [-0.2, 0) is 12.8 Å². The standard InChI is InChI=1S/C22H26N4/c1-14-10-18(8-9-23-14)22-24-13-21-20(26-22)12-19(25-21)17-7-6-15-4-2-3-5-16(15)11-17/h6-7,11-14,18,23H,2-5,8-10H2,1H3,(H,24,26). The highest BCUT2D eigenvalue weighted by Gasteiger charge is 2.23. The van der Waals surface area contributed by atoms with Gasteiger partial charge >= 0.3 is 0 Å². The average molecular weight is 346 g/mol. The van der Waals surface area contributed by atoms with Crippen LogP contribution in [0.2, 0.25) is 0 Å². The van der Waals surface area contributed by atoms with Crippen molar-refractivity contribution in [1.29, 1.82) is 0 Å². The van der Waals surface area contributed by atoms with Crippen molar-refractivity contribution in [3.05, 3.63) is 47.4 Å². The second-order valence-corrected chi connectivity index (χ2v) is 7.98. The maximum absolute atomic E-state index is 4.83. The molecule has 0 aromatic heterocycles. The summed E-state index contributed by atoms with van der Waals surface area (Å²) in [5, 5.41) is 3.52. The number of aryl methyl sites for hydroxylation is 2. The molecule has 3 aliphatic heterocycles. The number of piperidine rings is 1. The molecule has 0 saturated carbocycles. The van der Waals surface area contributed by atoms with E-state index in [9.17, 15) is 0 Å². The SMILES string of the molecule is CC1CC(c2ncc3nc(-c4ccc5c(c4)CCCC5)cc-3[nH]2)CCN1. The van der Waals surface area contributed by atoms with Gasteiger partial charge in [0.15, 0.2) is 0 Å². The second kappa shape index (κ2) is 6.51. The summed E-state index contributed by atoms with van der Waals surface area (Å²) in [4.78, 5) is 13.1. The number of fused-ring (bicyclic) bond motifs is 2. The lowest BCUT2D eigenvalue weighted by molar-refractivity contribution is 0.371. The van der Waals surface area contributed by atoms with Gasteiger partial charge in [0, 0.05) is 17.5 Å². The van der Waals surface area contributed by atoms with Crippen LogP contribution < -0.4 is 5.32 Å². The number of hydrogen-bond acceptors (Lipinski definition) is 3. The highest BCUT2D eigenvalue weighted by atomic mass is 15.0. The Morgan fingerprint density at radius 1 is 1.04 bits per heavy atom. The lowest BCUT2D eigenvalue weighted by atomic mass is 9.90. The summed E-state index contributed by atoms with van der Waals surface area (Å²) in [5.74, 6) is 1.62. The van der Waals surface area contributed by atoms with E-state index in [2.05, 4.69) is 41.5 Å². The van der Waals surface area contributed by atoms with E-state index in [-0.39, 0.29) is 0 Å². The van der Waals surface area contributed by atoms with Crippen molar-refractivity contribution in [3.63, 3.8) is 0 Å². The summed E-state index contributed by atoms with van der Waals surface area (Å²) in [7, 11) is 0. The molecule has 4 heteroatoms. The fraction of sp³-hybridized carbons (Fsp3) is 0.455. The van der Waals surface area contributed by atoms with E-state index in [1.807, 2.05) is 6.20 Å². The van der Waals surface area contributed by atoms with Crippen LogP contribution in [0.15, 0.2) is 30.5 Å². The molecular weight excluding hydrogens is 320 g/mol. The molecule has 2 N–H and O–H groups in total. The van der Waals surface area contributed by atoms with Gasteiger partial charge < -0.3 is 10.3 Å². The van der Waals surface area contributed by atoms with Crippen molar-refractivity contribution in [2.45, 2.75) is 57.4 Å². The first kappa shape index (κ1) is 16.0. The first-order chi connectivity index (χ1) is 12.8. The number of aromatic nitrogens is 3. The molecule has 0 radical (unpaired) electrons. The zero-order valence-corrected chi connectivity index (χ0v) is 15.4.